The van der Waals surface area contributed by atoms with Crippen molar-refractivity contribution in [3.8, 4) is 5.69 Å². The molecule has 6 nitrogen and oxygen atoms in total. The summed E-state index contributed by atoms with van der Waals surface area (Å²) >= 11 is 3.37. The highest BCUT2D eigenvalue weighted by Crippen LogP contribution is 2.21. The molecule has 0 saturated carbocycles. The van der Waals surface area contributed by atoms with Gasteiger partial charge in [-0.05, 0) is 37.1 Å². The quantitative estimate of drug-likeness (QED) is 0.907. The lowest BCUT2D eigenvalue weighted by Gasteiger charge is -2.20. The second kappa shape index (κ2) is 5.92. The minimum Gasteiger partial charge on any atom is -0.480 e. The van der Waals surface area contributed by atoms with Crippen LogP contribution in [0.5, 0.6) is 0 Å². The predicted molar refractivity (Wildman–Crippen MR) is 83.0 cm³/mol. The smallest absolute Gasteiger partial charge is 0.326 e. The molecule has 0 aliphatic carbocycles. The zero-order chi connectivity index (χ0) is 15.7. The molecule has 1 aliphatic rings. The van der Waals surface area contributed by atoms with Gasteiger partial charge in [0.05, 0.1) is 17.4 Å². The van der Waals surface area contributed by atoms with Crippen molar-refractivity contribution in [1.29, 1.82) is 0 Å². The molecule has 1 aromatic carbocycles. The maximum atomic E-state index is 12.5. The van der Waals surface area contributed by atoms with E-state index in [1.165, 1.54) is 11.1 Å². The highest BCUT2D eigenvalue weighted by Gasteiger charge is 2.34. The molecule has 2 heterocycles. The van der Waals surface area contributed by atoms with E-state index in [4.69, 9.17) is 5.11 Å². The van der Waals surface area contributed by atoms with E-state index in [9.17, 15) is 9.59 Å². The molecule has 114 valence electrons. The van der Waals surface area contributed by atoms with Crippen LogP contribution in [0.4, 0.5) is 0 Å². The maximum Gasteiger partial charge on any atom is 0.326 e. The molecule has 1 N–H and O–H groups in total. The molecule has 1 amide bonds. The molecule has 22 heavy (non-hydrogen) atoms. The first-order valence-corrected chi connectivity index (χ1v) is 7.70. The number of hydrogen-bond acceptors (Lipinski definition) is 3. The topological polar surface area (TPSA) is 75.4 Å². The van der Waals surface area contributed by atoms with E-state index in [1.54, 1.807) is 10.9 Å². The van der Waals surface area contributed by atoms with Gasteiger partial charge in [-0.15, -0.1) is 0 Å². The summed E-state index contributed by atoms with van der Waals surface area (Å²) in [5.41, 5.74) is 1.23. The van der Waals surface area contributed by atoms with Gasteiger partial charge in [0.1, 0.15) is 6.04 Å². The number of carbonyl (C=O) groups excluding carboxylic acids is 1. The van der Waals surface area contributed by atoms with Crippen LogP contribution in [0, 0.1) is 0 Å². The first-order valence-electron chi connectivity index (χ1n) is 6.90. The summed E-state index contributed by atoms with van der Waals surface area (Å²) < 4.78 is 2.56. The van der Waals surface area contributed by atoms with Crippen LogP contribution in [0.3, 0.4) is 0 Å². The number of nitrogens with zero attached hydrogens (tertiary/aromatic N) is 3. The van der Waals surface area contributed by atoms with Gasteiger partial charge in [-0.2, -0.15) is 5.10 Å². The van der Waals surface area contributed by atoms with Gasteiger partial charge in [0.25, 0.3) is 5.91 Å². The van der Waals surface area contributed by atoms with E-state index in [0.29, 0.717) is 24.9 Å². The Kier molecular flexibility index (Phi) is 3.98. The molecule has 1 unspecified atom stereocenters. The zero-order valence-corrected chi connectivity index (χ0v) is 13.2. The van der Waals surface area contributed by atoms with E-state index >= 15 is 0 Å². The van der Waals surface area contributed by atoms with Crippen molar-refractivity contribution < 1.29 is 14.7 Å². The number of amides is 1. The number of rotatable bonds is 3. The monoisotopic (exact) mass is 363 g/mol. The molecule has 1 atom stereocenters. The lowest BCUT2D eigenvalue weighted by atomic mass is 10.2. The molecule has 1 aliphatic heterocycles. The molecular formula is C15H14BrN3O3. The Balaban J connectivity index is 1.82. The third-order valence-corrected chi connectivity index (χ3v) is 4.25. The fourth-order valence-corrected chi connectivity index (χ4v) is 2.86. The van der Waals surface area contributed by atoms with Crippen LogP contribution >= 0.6 is 15.9 Å². The molecule has 0 radical (unpaired) electrons. The number of aliphatic carboxylic acids is 1. The Morgan fingerprint density at radius 2 is 2.00 bits per heavy atom. The minimum absolute atomic E-state index is 0.284. The van der Waals surface area contributed by atoms with Crippen LogP contribution in [0.25, 0.3) is 5.69 Å². The van der Waals surface area contributed by atoms with Gasteiger partial charge in [-0.25, -0.2) is 9.48 Å². The molecule has 2 aromatic rings. The van der Waals surface area contributed by atoms with Crippen molar-refractivity contribution in [3.63, 3.8) is 0 Å². The highest BCUT2D eigenvalue weighted by atomic mass is 79.9. The second-order valence-corrected chi connectivity index (χ2v) is 6.06. The van der Waals surface area contributed by atoms with Crippen molar-refractivity contribution >= 4 is 27.8 Å². The summed E-state index contributed by atoms with van der Waals surface area (Å²) in [4.78, 5) is 25.1. The minimum atomic E-state index is -0.953. The highest BCUT2D eigenvalue weighted by molar-refractivity contribution is 9.10. The van der Waals surface area contributed by atoms with Gasteiger partial charge in [-0.1, -0.05) is 15.9 Å². The van der Waals surface area contributed by atoms with Gasteiger partial charge in [0, 0.05) is 17.2 Å². The van der Waals surface area contributed by atoms with Crippen LogP contribution in [0.15, 0.2) is 41.1 Å². The summed E-state index contributed by atoms with van der Waals surface area (Å²) in [6.45, 7) is 0.471. The van der Waals surface area contributed by atoms with Crippen LogP contribution in [0.1, 0.15) is 23.2 Å². The fraction of sp³-hybridized carbons (Fsp3) is 0.267. The van der Waals surface area contributed by atoms with Crippen molar-refractivity contribution in [2.45, 2.75) is 18.9 Å². The number of halogens is 1. The van der Waals surface area contributed by atoms with Crippen LogP contribution < -0.4 is 0 Å². The Hall–Kier alpha value is -2.15. The standard InChI is InChI=1S/C15H14BrN3O3/c16-11-3-5-12(6-4-11)19-9-10(8-17-19)14(20)18-7-1-2-13(18)15(21)22/h3-6,8-9,13H,1-2,7H2,(H,21,22). The third-order valence-electron chi connectivity index (χ3n) is 3.72. The molecule has 0 bridgehead atoms. The van der Waals surface area contributed by atoms with Gasteiger partial charge in [0.15, 0.2) is 0 Å². The average Bonchev–Trinajstić information content (AvgIpc) is 3.17. The maximum absolute atomic E-state index is 12.5. The predicted octanol–water partition coefficient (Wildman–Crippen LogP) is 2.32. The largest absolute Gasteiger partial charge is 0.480 e. The third kappa shape index (κ3) is 2.76. The Bertz CT molecular complexity index is 711. The number of carboxylic acids is 1. The Morgan fingerprint density at radius 1 is 1.27 bits per heavy atom. The molecule has 7 heteroatoms. The zero-order valence-electron chi connectivity index (χ0n) is 11.6. The lowest BCUT2D eigenvalue weighted by Crippen LogP contribution is -2.40. The summed E-state index contributed by atoms with van der Waals surface area (Å²) in [5.74, 6) is -1.24. The summed E-state index contributed by atoms with van der Waals surface area (Å²) in [6.07, 6.45) is 4.32. The van der Waals surface area contributed by atoms with Crippen LogP contribution in [-0.4, -0.2) is 44.3 Å². The molecule has 0 spiro atoms. The van der Waals surface area contributed by atoms with Gasteiger partial charge < -0.3 is 10.0 Å². The Morgan fingerprint density at radius 3 is 2.68 bits per heavy atom. The summed E-state index contributed by atoms with van der Waals surface area (Å²) in [7, 11) is 0. The summed E-state index contributed by atoms with van der Waals surface area (Å²) in [6, 6.07) is 6.80. The first-order chi connectivity index (χ1) is 10.6. The molecular weight excluding hydrogens is 350 g/mol. The molecule has 3 rings (SSSR count). The van der Waals surface area contributed by atoms with Crippen molar-refractivity contribution in [3.05, 3.63) is 46.7 Å². The first kappa shape index (κ1) is 14.8. The number of carboxylic acid groups (broad SMARTS) is 1. The van der Waals surface area contributed by atoms with Crippen molar-refractivity contribution in [2.24, 2.45) is 0 Å². The SMILES string of the molecule is O=C(O)C1CCCN1C(=O)c1cnn(-c2ccc(Br)cc2)c1. The van der Waals surface area contributed by atoms with E-state index in [-0.39, 0.29) is 5.91 Å². The fourth-order valence-electron chi connectivity index (χ4n) is 2.60. The number of carbonyl (C=O) groups is 2. The number of aromatic nitrogens is 2. The van der Waals surface area contributed by atoms with E-state index in [2.05, 4.69) is 21.0 Å². The van der Waals surface area contributed by atoms with E-state index < -0.39 is 12.0 Å². The molecule has 1 saturated heterocycles. The van der Waals surface area contributed by atoms with Gasteiger partial charge in [-0.3, -0.25) is 4.79 Å². The van der Waals surface area contributed by atoms with Gasteiger partial charge in [0.2, 0.25) is 0 Å². The Labute approximate surface area is 135 Å². The number of likely N-dealkylation sites (tertiary alicyclic amines) is 1. The number of hydrogen-bond donors (Lipinski definition) is 1. The van der Waals surface area contributed by atoms with E-state index in [1.807, 2.05) is 24.3 Å². The van der Waals surface area contributed by atoms with Crippen molar-refractivity contribution in [1.82, 2.24) is 14.7 Å². The number of benzene rings is 1. The van der Waals surface area contributed by atoms with Crippen LogP contribution in [-0.2, 0) is 4.79 Å². The molecule has 1 fully saturated rings. The van der Waals surface area contributed by atoms with Crippen LogP contribution in [0.2, 0.25) is 0 Å². The summed E-state index contributed by atoms with van der Waals surface area (Å²) in [5, 5.41) is 13.4. The van der Waals surface area contributed by atoms with Gasteiger partial charge >= 0.3 is 5.97 Å². The molecule has 1 aromatic heterocycles. The normalized spacial score (nSPS) is 17.7. The second-order valence-electron chi connectivity index (χ2n) is 5.14. The average molecular weight is 364 g/mol. The van der Waals surface area contributed by atoms with E-state index in [0.717, 1.165) is 10.2 Å². The lowest BCUT2D eigenvalue weighted by molar-refractivity contribution is -0.141. The van der Waals surface area contributed by atoms with Crippen molar-refractivity contribution in [2.75, 3.05) is 6.54 Å².